The maximum Gasteiger partial charge on any atom is 0.117 e. The van der Waals surface area contributed by atoms with Gasteiger partial charge >= 0.3 is 0 Å². The molecule has 0 saturated heterocycles. The van der Waals surface area contributed by atoms with Crippen LogP contribution in [0.5, 0.6) is 0 Å². The van der Waals surface area contributed by atoms with E-state index in [9.17, 15) is 0 Å². The molecule has 34 heavy (non-hydrogen) atoms. The molecule has 4 aliphatic carbocycles. The van der Waals surface area contributed by atoms with Crippen molar-refractivity contribution in [2.24, 2.45) is 52.1 Å². The Hall–Kier alpha value is -1.18. The summed E-state index contributed by atoms with van der Waals surface area (Å²) < 4.78 is 6.46. The number of hydrogen-bond acceptors (Lipinski definition) is 2. The third kappa shape index (κ3) is 4.64. The van der Waals surface area contributed by atoms with Gasteiger partial charge in [-0.05, 0) is 123 Å². The highest BCUT2D eigenvalue weighted by atomic mass is 16.5. The smallest absolute Gasteiger partial charge is 0.117 e. The highest BCUT2D eigenvalue weighted by Crippen LogP contribution is 2.68. The molecule has 4 fully saturated rings. The van der Waals surface area contributed by atoms with Gasteiger partial charge < -0.3 is 10.5 Å². The molecule has 192 valence electrons. The maximum absolute atomic E-state index is 6.46. The normalized spacial score (nSPS) is 43.4. The molecule has 9 unspecified atom stereocenters. The Labute approximate surface area is 210 Å². The highest BCUT2D eigenvalue weighted by Gasteiger charge is 2.60. The van der Waals surface area contributed by atoms with Crippen LogP contribution in [0.1, 0.15) is 112 Å². The molecule has 4 rings (SSSR count). The van der Waals surface area contributed by atoms with Crippen LogP contribution in [0.3, 0.4) is 0 Å². The summed E-state index contributed by atoms with van der Waals surface area (Å²) in [7, 11) is 0. The van der Waals surface area contributed by atoms with Gasteiger partial charge in [0.05, 0.1) is 6.10 Å². The van der Waals surface area contributed by atoms with Crippen molar-refractivity contribution in [2.75, 3.05) is 0 Å². The molecule has 2 N–H and O–H groups in total. The topological polar surface area (TPSA) is 35.2 Å². The molecule has 9 atom stereocenters. The summed E-state index contributed by atoms with van der Waals surface area (Å²) in [6, 6.07) is 0. The minimum Gasteiger partial charge on any atom is -0.491 e. The molecule has 0 amide bonds. The Balaban J connectivity index is 1.43. The summed E-state index contributed by atoms with van der Waals surface area (Å²) in [5.74, 6) is 6.49. The zero-order valence-electron chi connectivity index (χ0n) is 23.0. The number of rotatable bonds is 8. The van der Waals surface area contributed by atoms with Crippen LogP contribution in [0.15, 0.2) is 36.3 Å². The van der Waals surface area contributed by atoms with Crippen LogP contribution in [0.2, 0.25) is 0 Å². The van der Waals surface area contributed by atoms with E-state index in [4.69, 9.17) is 10.5 Å². The second kappa shape index (κ2) is 10.4. The van der Waals surface area contributed by atoms with Crippen LogP contribution in [0.25, 0.3) is 0 Å². The zero-order chi connectivity index (χ0) is 24.5. The molecule has 0 heterocycles. The monoisotopic (exact) mass is 467 g/mol. The van der Waals surface area contributed by atoms with Gasteiger partial charge in [0, 0.05) is 11.8 Å². The summed E-state index contributed by atoms with van der Waals surface area (Å²) in [5.41, 5.74) is 7.78. The average Bonchev–Trinajstić information content (AvgIpc) is 3.19. The van der Waals surface area contributed by atoms with E-state index in [1.807, 2.05) is 19.1 Å². The van der Waals surface area contributed by atoms with Gasteiger partial charge in [0.15, 0.2) is 0 Å². The molecule has 0 aliphatic heterocycles. The molecular formula is C32H53NO. The lowest BCUT2D eigenvalue weighted by molar-refractivity contribution is -0.131. The standard InChI is InChI=1S/C32H53NO/c1-7-10-11-22(4)28-14-15-29-27-13-12-23-20-26(34-25(9-3)21-24(33)8-2)16-18-31(23,5)30(27)17-19-32(28,29)6/h8-9,21-23,26-30H,2,7,10-20,33H2,1,3-6H3/b24-21+,25-9+. The van der Waals surface area contributed by atoms with Crippen molar-refractivity contribution in [3.05, 3.63) is 36.3 Å². The lowest BCUT2D eigenvalue weighted by Gasteiger charge is -2.61. The van der Waals surface area contributed by atoms with E-state index < -0.39 is 0 Å². The maximum atomic E-state index is 6.46. The van der Waals surface area contributed by atoms with E-state index in [0.29, 0.717) is 22.6 Å². The number of fused-ring (bicyclic) bond motifs is 5. The second-order valence-corrected chi connectivity index (χ2v) is 13.1. The molecule has 2 heteroatoms. The van der Waals surface area contributed by atoms with Crippen molar-refractivity contribution in [2.45, 2.75) is 118 Å². The van der Waals surface area contributed by atoms with Gasteiger partial charge in [0.1, 0.15) is 5.76 Å². The van der Waals surface area contributed by atoms with Gasteiger partial charge in [0.25, 0.3) is 0 Å². The first-order valence-corrected chi connectivity index (χ1v) is 14.7. The van der Waals surface area contributed by atoms with Crippen molar-refractivity contribution < 1.29 is 4.74 Å². The first-order chi connectivity index (χ1) is 16.3. The van der Waals surface area contributed by atoms with Crippen LogP contribution < -0.4 is 5.73 Å². The molecule has 0 radical (unpaired) electrons. The first-order valence-electron chi connectivity index (χ1n) is 14.7. The SMILES string of the molecule is C=C/C(N)=C\C(=C/C)OC1CCC2(C)C(CCC3C2CCC2(C)C(C(C)CCCC)CCC32)C1. The van der Waals surface area contributed by atoms with E-state index >= 15 is 0 Å². The fourth-order valence-electron chi connectivity index (χ4n) is 9.63. The average molecular weight is 468 g/mol. The van der Waals surface area contributed by atoms with Gasteiger partial charge in [-0.1, -0.05) is 53.5 Å². The Morgan fingerprint density at radius 2 is 1.79 bits per heavy atom. The van der Waals surface area contributed by atoms with E-state index in [2.05, 4.69) is 34.3 Å². The molecule has 2 nitrogen and oxygen atoms in total. The first kappa shape index (κ1) is 25.9. The van der Waals surface area contributed by atoms with Crippen molar-refractivity contribution in [3.8, 4) is 0 Å². The van der Waals surface area contributed by atoms with Gasteiger partial charge in [0.2, 0.25) is 0 Å². The Bertz CT molecular complexity index is 782. The number of unbranched alkanes of at least 4 members (excludes halogenated alkanes) is 1. The lowest BCUT2D eigenvalue weighted by atomic mass is 9.44. The Morgan fingerprint density at radius 1 is 1.06 bits per heavy atom. The number of ether oxygens (including phenoxy) is 1. The molecular weight excluding hydrogens is 414 g/mol. The van der Waals surface area contributed by atoms with Crippen LogP contribution in [0, 0.1) is 46.3 Å². The van der Waals surface area contributed by atoms with Crippen LogP contribution >= 0.6 is 0 Å². The number of hydrogen-bond donors (Lipinski definition) is 1. The largest absolute Gasteiger partial charge is 0.491 e. The molecule has 0 aromatic rings. The lowest BCUT2D eigenvalue weighted by Crippen LogP contribution is -2.54. The van der Waals surface area contributed by atoms with E-state index in [-0.39, 0.29) is 0 Å². The summed E-state index contributed by atoms with van der Waals surface area (Å²) in [6.07, 6.45) is 22.8. The van der Waals surface area contributed by atoms with Crippen LogP contribution in [-0.2, 0) is 4.74 Å². The van der Waals surface area contributed by atoms with Crippen molar-refractivity contribution in [1.29, 1.82) is 0 Å². The third-order valence-electron chi connectivity index (χ3n) is 11.5. The molecule has 0 aromatic heterocycles. The third-order valence-corrected chi connectivity index (χ3v) is 11.5. The quantitative estimate of drug-likeness (QED) is 0.286. The Morgan fingerprint density at radius 3 is 2.50 bits per heavy atom. The van der Waals surface area contributed by atoms with Crippen molar-refractivity contribution in [1.82, 2.24) is 0 Å². The molecule has 4 saturated carbocycles. The predicted octanol–water partition coefficient (Wildman–Crippen LogP) is 8.79. The van der Waals surface area contributed by atoms with E-state index in [1.54, 1.807) is 6.08 Å². The molecule has 0 aromatic carbocycles. The summed E-state index contributed by atoms with van der Waals surface area (Å²) in [4.78, 5) is 0. The van der Waals surface area contributed by atoms with E-state index in [1.165, 1.54) is 77.0 Å². The summed E-state index contributed by atoms with van der Waals surface area (Å²) in [6.45, 7) is 16.1. The van der Waals surface area contributed by atoms with Gasteiger partial charge in [-0.25, -0.2) is 0 Å². The van der Waals surface area contributed by atoms with Crippen LogP contribution in [0.4, 0.5) is 0 Å². The van der Waals surface area contributed by atoms with E-state index in [0.717, 1.165) is 41.3 Å². The Kier molecular flexibility index (Phi) is 7.95. The minimum absolute atomic E-state index is 0.332. The van der Waals surface area contributed by atoms with Crippen LogP contribution in [-0.4, -0.2) is 6.10 Å². The zero-order valence-corrected chi connectivity index (χ0v) is 23.0. The minimum atomic E-state index is 0.332. The van der Waals surface area contributed by atoms with Gasteiger partial charge in [-0.3, -0.25) is 0 Å². The van der Waals surface area contributed by atoms with Crippen molar-refractivity contribution in [3.63, 3.8) is 0 Å². The van der Waals surface area contributed by atoms with Gasteiger partial charge in [-0.15, -0.1) is 0 Å². The fraction of sp³-hybridized carbons (Fsp3) is 0.812. The highest BCUT2D eigenvalue weighted by molar-refractivity contribution is 5.23. The fourth-order valence-corrected chi connectivity index (χ4v) is 9.63. The number of allylic oxidation sites excluding steroid dienone is 3. The van der Waals surface area contributed by atoms with Gasteiger partial charge in [-0.2, -0.15) is 0 Å². The molecule has 0 bridgehead atoms. The summed E-state index contributed by atoms with van der Waals surface area (Å²) >= 11 is 0. The summed E-state index contributed by atoms with van der Waals surface area (Å²) in [5, 5.41) is 0. The molecule has 4 aliphatic rings. The second-order valence-electron chi connectivity index (χ2n) is 13.1. The molecule has 0 spiro atoms. The van der Waals surface area contributed by atoms with Crippen molar-refractivity contribution >= 4 is 0 Å². The predicted molar refractivity (Wildman–Crippen MR) is 145 cm³/mol. The number of nitrogens with two attached hydrogens (primary N) is 1.